The van der Waals surface area contributed by atoms with Crippen molar-refractivity contribution < 1.29 is 15.0 Å². The molecule has 0 fully saturated rings. The van der Waals surface area contributed by atoms with Gasteiger partial charge in [-0.05, 0) is 30.5 Å². The van der Waals surface area contributed by atoms with E-state index in [1.807, 2.05) is 35.8 Å². The number of pyridine rings is 1. The third kappa shape index (κ3) is 3.89. The van der Waals surface area contributed by atoms with Gasteiger partial charge in [-0.3, -0.25) is 5.21 Å². The summed E-state index contributed by atoms with van der Waals surface area (Å²) in [5, 5.41) is 19.7. The molecule has 4 aromatic rings. The summed E-state index contributed by atoms with van der Waals surface area (Å²) in [5.74, 6) is 0.355. The summed E-state index contributed by atoms with van der Waals surface area (Å²) in [4.78, 5) is 12.4. The van der Waals surface area contributed by atoms with Crippen LogP contribution in [0.5, 0.6) is 0 Å². The number of hydrogen-bond donors (Lipinski definition) is 3. The number of aryl methyl sites for hydroxylation is 2. The van der Waals surface area contributed by atoms with E-state index in [2.05, 4.69) is 14.8 Å². The molecule has 0 aliphatic heterocycles. The fraction of sp³-hybridized carbons (Fsp3) is 0.167. The number of anilines is 1. The molecule has 1 aromatic carbocycles. The first-order chi connectivity index (χ1) is 15.5. The minimum Gasteiger partial charge on any atom is -0.396 e. The number of nitrogens with zero attached hydrogens (tertiary/aromatic N) is 5. The first-order valence-corrected chi connectivity index (χ1v) is 10.1. The Hall–Kier alpha value is -4.22. The van der Waals surface area contributed by atoms with E-state index in [9.17, 15) is 10.3 Å². The Kier molecular flexibility index (Phi) is 5.83. The van der Waals surface area contributed by atoms with Gasteiger partial charge in [0.2, 0.25) is 12.4 Å². The van der Waals surface area contributed by atoms with Crippen LogP contribution in [0.25, 0.3) is 38.8 Å². The molecule has 0 unspecified atom stereocenters. The second kappa shape index (κ2) is 8.88. The standard InChI is InChI=1S/C24H22N6O2/c1-16-4-6-18(7-5-16)21-20(14-19(26-2)17-8-11-29(32)12-9-17)30(10-3-13-31)24-22(21)23(25)27-15-28-24/h4-9,11-12,14-15,25,31-32H,3,10,13H2,1H3/p+1. The van der Waals surface area contributed by atoms with Gasteiger partial charge < -0.3 is 15.4 Å². The van der Waals surface area contributed by atoms with E-state index in [-0.39, 0.29) is 6.61 Å². The fourth-order valence-corrected chi connectivity index (χ4v) is 3.73. The predicted molar refractivity (Wildman–Crippen MR) is 122 cm³/mol. The first-order valence-electron chi connectivity index (χ1n) is 10.1. The van der Waals surface area contributed by atoms with Crippen molar-refractivity contribution in [2.24, 2.45) is 0 Å². The molecule has 8 heteroatoms. The van der Waals surface area contributed by atoms with Gasteiger partial charge in [0.15, 0.2) is 5.70 Å². The van der Waals surface area contributed by atoms with Crippen LogP contribution in [0.2, 0.25) is 0 Å². The van der Waals surface area contributed by atoms with E-state index in [1.54, 1.807) is 18.2 Å². The summed E-state index contributed by atoms with van der Waals surface area (Å²) >= 11 is 0. The topological polar surface area (TPSA) is 105 Å². The number of aliphatic hydroxyl groups excluding tert-OH is 1. The molecular weight excluding hydrogens is 404 g/mol. The molecule has 8 nitrogen and oxygen atoms in total. The highest BCUT2D eigenvalue weighted by Crippen LogP contribution is 2.39. The van der Waals surface area contributed by atoms with Crippen molar-refractivity contribution in [2.75, 3.05) is 12.3 Å². The number of fused-ring (bicyclic) bond motifs is 1. The Morgan fingerprint density at radius 2 is 1.91 bits per heavy atom. The molecule has 3 heterocycles. The second-order valence-electron chi connectivity index (χ2n) is 7.42. The predicted octanol–water partition coefficient (Wildman–Crippen LogP) is 3.31. The van der Waals surface area contributed by atoms with Crippen LogP contribution in [0.3, 0.4) is 0 Å². The molecule has 0 aliphatic carbocycles. The summed E-state index contributed by atoms with van der Waals surface area (Å²) in [6.07, 6.45) is 6.69. The SMILES string of the molecule is [C-]#[N+]/C(=C\c1c(-c2ccc(C)cc2)c2c(N)ncnc2n1CCCO)c1cc[n+](O)cc1. The van der Waals surface area contributed by atoms with Crippen LogP contribution < -0.4 is 10.5 Å². The van der Waals surface area contributed by atoms with Crippen LogP contribution in [0.4, 0.5) is 5.82 Å². The highest BCUT2D eigenvalue weighted by atomic mass is 16.5. The maximum absolute atomic E-state index is 9.55. The zero-order chi connectivity index (χ0) is 22.7. The van der Waals surface area contributed by atoms with E-state index in [0.717, 1.165) is 27.1 Å². The van der Waals surface area contributed by atoms with Gasteiger partial charge in [0.25, 0.3) is 0 Å². The largest absolute Gasteiger partial charge is 0.396 e. The Balaban J connectivity index is 2.06. The van der Waals surface area contributed by atoms with E-state index < -0.39 is 0 Å². The molecule has 0 saturated heterocycles. The van der Waals surface area contributed by atoms with Gasteiger partial charge in [-0.1, -0.05) is 29.8 Å². The third-order valence-electron chi connectivity index (χ3n) is 5.29. The van der Waals surface area contributed by atoms with E-state index in [0.29, 0.717) is 41.1 Å². The molecule has 0 spiro atoms. The molecule has 0 aliphatic rings. The van der Waals surface area contributed by atoms with Crippen molar-refractivity contribution >= 4 is 28.6 Å². The van der Waals surface area contributed by atoms with Crippen LogP contribution in [0, 0.1) is 13.5 Å². The molecule has 4 N–H and O–H groups in total. The lowest BCUT2D eigenvalue weighted by Crippen LogP contribution is -2.27. The zero-order valence-corrected chi connectivity index (χ0v) is 17.6. The van der Waals surface area contributed by atoms with Crippen LogP contribution in [-0.4, -0.2) is 31.5 Å². The quantitative estimate of drug-likeness (QED) is 0.249. The van der Waals surface area contributed by atoms with Crippen LogP contribution in [0.15, 0.2) is 55.1 Å². The van der Waals surface area contributed by atoms with E-state index >= 15 is 0 Å². The molecule has 0 bridgehead atoms. The monoisotopic (exact) mass is 427 g/mol. The van der Waals surface area contributed by atoms with E-state index in [1.165, 1.54) is 18.7 Å². The number of aliphatic hydroxyl groups is 1. The Bertz CT molecular complexity index is 1330. The lowest BCUT2D eigenvalue weighted by atomic mass is 10.0. The Labute approximate surface area is 185 Å². The molecule has 4 rings (SSSR count). The number of nitrogens with two attached hydrogens (primary N) is 1. The summed E-state index contributed by atoms with van der Waals surface area (Å²) < 4.78 is 2.90. The summed E-state index contributed by atoms with van der Waals surface area (Å²) in [5.41, 5.74) is 11.7. The van der Waals surface area contributed by atoms with Gasteiger partial charge in [0.1, 0.15) is 17.8 Å². The van der Waals surface area contributed by atoms with Gasteiger partial charge in [0.05, 0.1) is 12.0 Å². The normalized spacial score (nSPS) is 11.6. The maximum Gasteiger partial charge on any atom is 0.221 e. The summed E-state index contributed by atoms with van der Waals surface area (Å²) in [7, 11) is 0. The van der Waals surface area contributed by atoms with Crippen molar-refractivity contribution in [2.45, 2.75) is 19.9 Å². The molecule has 0 atom stereocenters. The minimum absolute atomic E-state index is 0.0219. The molecule has 0 saturated carbocycles. The molecule has 3 aromatic heterocycles. The molecular formula is C24H23N6O2+. The van der Waals surface area contributed by atoms with Gasteiger partial charge >= 0.3 is 0 Å². The van der Waals surface area contributed by atoms with Crippen molar-refractivity contribution in [3.05, 3.63) is 83.4 Å². The number of nitrogen functional groups attached to an aromatic ring is 1. The number of aromatic nitrogens is 4. The number of rotatable bonds is 6. The third-order valence-corrected chi connectivity index (χ3v) is 5.29. The van der Waals surface area contributed by atoms with Crippen molar-refractivity contribution in [3.63, 3.8) is 0 Å². The second-order valence-corrected chi connectivity index (χ2v) is 7.42. The van der Waals surface area contributed by atoms with Gasteiger partial charge in [0, 0.05) is 41.3 Å². The van der Waals surface area contributed by atoms with Crippen LogP contribution >= 0.6 is 0 Å². The van der Waals surface area contributed by atoms with Gasteiger partial charge in [-0.25, -0.2) is 14.8 Å². The highest BCUT2D eigenvalue weighted by Gasteiger charge is 2.21. The fourth-order valence-electron chi connectivity index (χ4n) is 3.73. The molecule has 0 radical (unpaired) electrons. The number of benzene rings is 1. The lowest BCUT2D eigenvalue weighted by molar-refractivity contribution is -0.904. The molecule has 160 valence electrons. The average Bonchev–Trinajstić information content (AvgIpc) is 3.11. The first kappa shape index (κ1) is 21.0. The van der Waals surface area contributed by atoms with Gasteiger partial charge in [-0.15, -0.1) is 0 Å². The maximum atomic E-state index is 9.55. The lowest BCUT2D eigenvalue weighted by Gasteiger charge is -2.10. The summed E-state index contributed by atoms with van der Waals surface area (Å²) in [6, 6.07) is 11.4. The zero-order valence-electron chi connectivity index (χ0n) is 17.6. The molecule has 0 amide bonds. The number of hydrogen-bond acceptors (Lipinski definition) is 5. The smallest absolute Gasteiger partial charge is 0.221 e. The van der Waals surface area contributed by atoms with Crippen LogP contribution in [-0.2, 0) is 6.54 Å². The van der Waals surface area contributed by atoms with Crippen molar-refractivity contribution in [1.29, 1.82) is 0 Å². The van der Waals surface area contributed by atoms with Crippen LogP contribution in [0.1, 0.15) is 23.2 Å². The Morgan fingerprint density at radius 1 is 1.19 bits per heavy atom. The van der Waals surface area contributed by atoms with Gasteiger partial charge in [-0.2, -0.15) is 0 Å². The molecule has 32 heavy (non-hydrogen) atoms. The highest BCUT2D eigenvalue weighted by molar-refractivity contribution is 6.06. The minimum atomic E-state index is 0.0219. The average molecular weight is 427 g/mol. The van der Waals surface area contributed by atoms with E-state index in [4.69, 9.17) is 12.3 Å². The van der Waals surface area contributed by atoms with Crippen molar-refractivity contribution in [1.82, 2.24) is 14.5 Å². The Morgan fingerprint density at radius 3 is 2.56 bits per heavy atom. The summed E-state index contributed by atoms with van der Waals surface area (Å²) in [6.45, 7) is 10.3. The van der Waals surface area contributed by atoms with Crippen molar-refractivity contribution in [3.8, 4) is 11.1 Å².